The molecular weight excluding hydrogens is 583 g/mol. The first kappa shape index (κ1) is 32.0. The fourth-order valence-electron chi connectivity index (χ4n) is 5.16. The molecule has 2 heterocycles. The van der Waals surface area contributed by atoms with Crippen molar-refractivity contribution in [2.75, 3.05) is 13.2 Å². The summed E-state index contributed by atoms with van der Waals surface area (Å²) in [5.41, 5.74) is -1.90. The van der Waals surface area contributed by atoms with Crippen molar-refractivity contribution in [3.05, 3.63) is 93.3 Å². The Kier molecular flexibility index (Phi) is 9.46. The van der Waals surface area contributed by atoms with Gasteiger partial charge in [0, 0.05) is 12.6 Å². The molecule has 0 saturated carbocycles. The average Bonchev–Trinajstić information content (AvgIpc) is 3.32. The van der Waals surface area contributed by atoms with Gasteiger partial charge in [-0.05, 0) is 15.4 Å². The maximum atomic E-state index is 12.6. The number of aliphatic hydroxyl groups excluding tert-OH is 1. The quantitative estimate of drug-likeness (QED) is 0.275. The van der Waals surface area contributed by atoms with Crippen LogP contribution in [0.3, 0.4) is 0 Å². The fraction of sp³-hybridized carbons (Fsp3) is 0.367. The number of aromatic amines is 1. The second kappa shape index (κ2) is 12.7. The van der Waals surface area contributed by atoms with Gasteiger partial charge in [-0.15, -0.1) is 0 Å². The summed E-state index contributed by atoms with van der Waals surface area (Å²) in [6, 6.07) is 19.9. The molecule has 0 bridgehead atoms. The number of halogens is 3. The van der Waals surface area contributed by atoms with E-state index in [9.17, 15) is 32.7 Å². The van der Waals surface area contributed by atoms with E-state index in [4.69, 9.17) is 9.16 Å². The first-order valence-electron chi connectivity index (χ1n) is 13.5. The highest BCUT2D eigenvalue weighted by atomic mass is 28.4. The highest BCUT2D eigenvalue weighted by molar-refractivity contribution is 6.99. The number of rotatable bonds is 7. The summed E-state index contributed by atoms with van der Waals surface area (Å²) in [6.45, 7) is 5.70. The lowest BCUT2D eigenvalue weighted by Crippen LogP contribution is -2.67. The maximum absolute atomic E-state index is 12.6. The number of amides is 1. The molecule has 0 aliphatic carbocycles. The van der Waals surface area contributed by atoms with Crippen LogP contribution in [-0.4, -0.2) is 60.4 Å². The second-order valence-electron chi connectivity index (χ2n) is 11.1. The van der Waals surface area contributed by atoms with E-state index in [1.54, 1.807) is 5.32 Å². The van der Waals surface area contributed by atoms with Crippen LogP contribution in [0.1, 0.15) is 39.0 Å². The predicted molar refractivity (Wildman–Crippen MR) is 155 cm³/mol. The Morgan fingerprint density at radius 2 is 1.67 bits per heavy atom. The normalized spacial score (nSPS) is 19.0. The lowest BCUT2D eigenvalue weighted by atomic mass is 10.2. The van der Waals surface area contributed by atoms with Gasteiger partial charge in [-0.25, -0.2) is 4.79 Å². The van der Waals surface area contributed by atoms with Crippen molar-refractivity contribution in [3.8, 4) is 11.8 Å². The third-order valence-electron chi connectivity index (χ3n) is 7.18. The molecular formula is C30H32F3N3O6Si. The van der Waals surface area contributed by atoms with Gasteiger partial charge in [0.1, 0.15) is 17.9 Å². The number of nitrogens with one attached hydrogen (secondary N) is 2. The zero-order valence-corrected chi connectivity index (χ0v) is 24.8. The monoisotopic (exact) mass is 615 g/mol. The van der Waals surface area contributed by atoms with Crippen molar-refractivity contribution in [3.63, 3.8) is 0 Å². The molecule has 9 nitrogen and oxygen atoms in total. The number of hydrogen-bond donors (Lipinski definition) is 3. The van der Waals surface area contributed by atoms with Crippen LogP contribution < -0.4 is 26.9 Å². The molecule has 0 unspecified atom stereocenters. The molecule has 3 aromatic rings. The van der Waals surface area contributed by atoms with Gasteiger partial charge < -0.3 is 19.6 Å². The van der Waals surface area contributed by atoms with E-state index in [-0.39, 0.29) is 23.6 Å². The summed E-state index contributed by atoms with van der Waals surface area (Å²) in [7, 11) is -2.94. The SMILES string of the molecule is CC(C)(C)[Si](OC[C@H]1O[C@@H](n2cc(C#CCNC(=O)C(F)(F)F)c(=O)[nH]c2=O)C[C@@H]1O)(c1ccccc1)c1ccccc1. The molecule has 1 aromatic heterocycles. The van der Waals surface area contributed by atoms with E-state index in [1.165, 1.54) is 0 Å². The Morgan fingerprint density at radius 1 is 1.09 bits per heavy atom. The molecule has 1 amide bonds. The summed E-state index contributed by atoms with van der Waals surface area (Å²) in [5, 5.41) is 14.3. The Morgan fingerprint density at radius 3 is 2.21 bits per heavy atom. The van der Waals surface area contributed by atoms with Crippen LogP contribution in [0.4, 0.5) is 13.2 Å². The molecule has 3 atom stereocenters. The van der Waals surface area contributed by atoms with Crippen LogP contribution in [0, 0.1) is 11.8 Å². The molecule has 2 aromatic carbocycles. The van der Waals surface area contributed by atoms with E-state index < -0.39 is 56.6 Å². The van der Waals surface area contributed by atoms with Gasteiger partial charge >= 0.3 is 17.8 Å². The van der Waals surface area contributed by atoms with Gasteiger partial charge in [0.05, 0.1) is 19.3 Å². The first-order valence-corrected chi connectivity index (χ1v) is 15.4. The maximum Gasteiger partial charge on any atom is 0.471 e. The molecule has 1 aliphatic rings. The van der Waals surface area contributed by atoms with Crippen molar-refractivity contribution in [2.45, 2.75) is 56.8 Å². The molecule has 3 N–H and O–H groups in total. The van der Waals surface area contributed by atoms with Gasteiger partial charge in [-0.3, -0.25) is 19.1 Å². The van der Waals surface area contributed by atoms with Crippen LogP contribution >= 0.6 is 0 Å². The van der Waals surface area contributed by atoms with E-state index in [1.807, 2.05) is 60.7 Å². The summed E-state index contributed by atoms with van der Waals surface area (Å²) >= 11 is 0. The zero-order valence-electron chi connectivity index (χ0n) is 23.8. The molecule has 1 aliphatic heterocycles. The number of H-pyrrole nitrogens is 1. The third-order valence-corrected chi connectivity index (χ3v) is 12.2. The van der Waals surface area contributed by atoms with E-state index >= 15 is 0 Å². The Hall–Kier alpha value is -3.96. The third kappa shape index (κ3) is 6.99. The van der Waals surface area contributed by atoms with Gasteiger partial charge in [0.2, 0.25) is 0 Å². The van der Waals surface area contributed by atoms with Crippen LogP contribution in [-0.2, 0) is 14.0 Å². The standard InChI is InChI=1S/C30H32F3N3O6Si/c1-29(2,3)43(21-12-6-4-7-13-21,22-14-8-5-9-15-22)41-19-24-23(37)17-25(42-24)36-18-20(26(38)35-28(36)40)11-10-16-34-27(39)30(31,32)33/h4-9,12-15,18,23-25,37H,16-17,19H2,1-3H3,(H,34,39)(H,35,38,40)/t23-,24+,25+/m0/s1. The van der Waals surface area contributed by atoms with E-state index in [2.05, 4.69) is 37.6 Å². The number of aromatic nitrogens is 2. The van der Waals surface area contributed by atoms with Crippen molar-refractivity contribution in [1.82, 2.24) is 14.9 Å². The number of ether oxygens (including phenoxy) is 1. The van der Waals surface area contributed by atoms with Crippen molar-refractivity contribution in [2.24, 2.45) is 0 Å². The van der Waals surface area contributed by atoms with Crippen molar-refractivity contribution < 1.29 is 32.2 Å². The highest BCUT2D eigenvalue weighted by Crippen LogP contribution is 2.38. The summed E-state index contributed by atoms with van der Waals surface area (Å²) in [5.74, 6) is 2.45. The van der Waals surface area contributed by atoms with Crippen LogP contribution in [0.2, 0.25) is 5.04 Å². The minimum atomic E-state index is -5.06. The topological polar surface area (TPSA) is 123 Å². The van der Waals surface area contributed by atoms with Crippen molar-refractivity contribution >= 4 is 24.6 Å². The number of benzene rings is 2. The predicted octanol–water partition coefficient (Wildman–Crippen LogP) is 1.79. The number of carbonyl (C=O) groups is 1. The fourth-order valence-corrected chi connectivity index (χ4v) is 9.73. The van der Waals surface area contributed by atoms with E-state index in [0.717, 1.165) is 21.1 Å². The Balaban J connectivity index is 1.56. The van der Waals surface area contributed by atoms with Gasteiger partial charge in [0.25, 0.3) is 13.9 Å². The number of alkyl halides is 3. The molecule has 0 spiro atoms. The lowest BCUT2D eigenvalue weighted by Gasteiger charge is -2.43. The van der Waals surface area contributed by atoms with Crippen LogP contribution in [0.15, 0.2) is 76.4 Å². The van der Waals surface area contributed by atoms with Crippen LogP contribution in [0.25, 0.3) is 0 Å². The highest BCUT2D eigenvalue weighted by Gasteiger charge is 2.51. The largest absolute Gasteiger partial charge is 0.471 e. The summed E-state index contributed by atoms with van der Waals surface area (Å²) in [6.07, 6.45) is -6.73. The minimum absolute atomic E-state index is 0.00916. The Labute approximate surface area is 246 Å². The van der Waals surface area contributed by atoms with Crippen LogP contribution in [0.5, 0.6) is 0 Å². The molecule has 43 heavy (non-hydrogen) atoms. The van der Waals surface area contributed by atoms with Gasteiger partial charge in [-0.1, -0.05) is 93.3 Å². The second-order valence-corrected chi connectivity index (χ2v) is 15.4. The molecule has 1 saturated heterocycles. The molecule has 4 rings (SSSR count). The zero-order chi connectivity index (χ0) is 31.4. The number of hydrogen-bond acceptors (Lipinski definition) is 6. The summed E-state index contributed by atoms with van der Waals surface area (Å²) in [4.78, 5) is 37.9. The smallest absolute Gasteiger partial charge is 0.405 e. The van der Waals surface area contributed by atoms with Crippen molar-refractivity contribution in [1.29, 1.82) is 0 Å². The van der Waals surface area contributed by atoms with Gasteiger partial charge in [0.15, 0.2) is 0 Å². The Bertz CT molecular complexity index is 1570. The molecule has 228 valence electrons. The number of carbonyl (C=O) groups excluding carboxylic acids is 1. The number of aliphatic hydroxyl groups is 1. The van der Waals surface area contributed by atoms with Gasteiger partial charge in [-0.2, -0.15) is 13.2 Å². The van der Waals surface area contributed by atoms with E-state index in [0.29, 0.717) is 0 Å². The first-order chi connectivity index (χ1) is 20.2. The molecule has 0 radical (unpaired) electrons. The molecule has 1 fully saturated rings. The average molecular weight is 616 g/mol. The minimum Gasteiger partial charge on any atom is -0.405 e. The summed E-state index contributed by atoms with van der Waals surface area (Å²) < 4.78 is 51.0. The lowest BCUT2D eigenvalue weighted by molar-refractivity contribution is -0.173. The molecule has 13 heteroatoms. The number of nitrogens with zero attached hydrogens (tertiary/aromatic N) is 1.